The predicted molar refractivity (Wildman–Crippen MR) is 119 cm³/mol. The fraction of sp³-hybridized carbons (Fsp3) is 0.174. The quantitative estimate of drug-likeness (QED) is 0.483. The average Bonchev–Trinajstić information content (AvgIpc) is 3.27. The van der Waals surface area contributed by atoms with Gasteiger partial charge in [0.15, 0.2) is 0 Å². The Labute approximate surface area is 181 Å². The van der Waals surface area contributed by atoms with Gasteiger partial charge >= 0.3 is 5.69 Å². The van der Waals surface area contributed by atoms with Gasteiger partial charge in [-0.1, -0.05) is 48.5 Å². The normalized spacial score (nSPS) is 11.0. The third-order valence-corrected chi connectivity index (χ3v) is 5.91. The first-order chi connectivity index (χ1) is 15.0. The molecular formula is C23H20FN3O3S. The molecule has 2 heterocycles. The van der Waals surface area contributed by atoms with Crippen LogP contribution in [0.3, 0.4) is 0 Å². The van der Waals surface area contributed by atoms with E-state index in [-0.39, 0.29) is 25.4 Å². The highest BCUT2D eigenvalue weighted by Gasteiger charge is 2.16. The third kappa shape index (κ3) is 4.49. The van der Waals surface area contributed by atoms with E-state index in [1.807, 2.05) is 30.3 Å². The van der Waals surface area contributed by atoms with E-state index in [9.17, 15) is 18.8 Å². The Bertz CT molecular complexity index is 1340. The van der Waals surface area contributed by atoms with Gasteiger partial charge < -0.3 is 5.32 Å². The Morgan fingerprint density at radius 2 is 1.71 bits per heavy atom. The highest BCUT2D eigenvalue weighted by molar-refractivity contribution is 7.17. The van der Waals surface area contributed by atoms with Crippen molar-refractivity contribution < 1.29 is 9.18 Å². The molecule has 0 bridgehead atoms. The summed E-state index contributed by atoms with van der Waals surface area (Å²) in [6.45, 7) is 0.318. The number of nitrogens with zero attached hydrogens (tertiary/aromatic N) is 2. The maximum absolute atomic E-state index is 14.2. The lowest BCUT2D eigenvalue weighted by Gasteiger charge is -2.13. The van der Waals surface area contributed by atoms with Crippen molar-refractivity contribution in [2.45, 2.75) is 26.1 Å². The lowest BCUT2D eigenvalue weighted by Crippen LogP contribution is -2.41. The van der Waals surface area contributed by atoms with E-state index in [1.54, 1.807) is 29.6 Å². The van der Waals surface area contributed by atoms with E-state index in [2.05, 4.69) is 5.32 Å². The Hall–Kier alpha value is -3.52. The number of carbonyl (C=O) groups is 1. The lowest BCUT2D eigenvalue weighted by atomic mass is 10.2. The van der Waals surface area contributed by atoms with E-state index in [1.165, 1.54) is 22.0 Å². The Morgan fingerprint density at radius 3 is 2.48 bits per heavy atom. The maximum Gasteiger partial charge on any atom is 0.331 e. The molecule has 0 unspecified atom stereocenters. The first-order valence-corrected chi connectivity index (χ1v) is 10.7. The molecule has 0 saturated heterocycles. The molecule has 0 saturated carbocycles. The first-order valence-electron chi connectivity index (χ1n) is 9.79. The van der Waals surface area contributed by atoms with Crippen LogP contribution in [0.4, 0.5) is 4.39 Å². The van der Waals surface area contributed by atoms with Crippen LogP contribution in [0.15, 0.2) is 75.6 Å². The van der Waals surface area contributed by atoms with Gasteiger partial charge in [0.2, 0.25) is 5.91 Å². The molecule has 0 aliphatic carbocycles. The summed E-state index contributed by atoms with van der Waals surface area (Å²) >= 11 is 1.22. The molecule has 1 N–H and O–H groups in total. The minimum atomic E-state index is -0.560. The zero-order valence-corrected chi connectivity index (χ0v) is 17.4. The number of hydrogen-bond donors (Lipinski definition) is 1. The average molecular weight is 437 g/mol. The zero-order chi connectivity index (χ0) is 21.8. The molecular weight excluding hydrogens is 417 g/mol. The summed E-state index contributed by atoms with van der Waals surface area (Å²) < 4.78 is 17.0. The first kappa shape index (κ1) is 20.7. The zero-order valence-electron chi connectivity index (χ0n) is 16.6. The van der Waals surface area contributed by atoms with Crippen LogP contribution in [0.1, 0.15) is 17.5 Å². The fourth-order valence-corrected chi connectivity index (χ4v) is 4.22. The van der Waals surface area contributed by atoms with Crippen molar-refractivity contribution in [2.24, 2.45) is 0 Å². The Kier molecular flexibility index (Phi) is 6.08. The number of aromatic nitrogens is 2. The smallest absolute Gasteiger partial charge is 0.331 e. The van der Waals surface area contributed by atoms with Crippen LogP contribution >= 0.6 is 11.3 Å². The molecule has 0 spiro atoms. The molecule has 0 fully saturated rings. The number of rotatable bonds is 7. The Morgan fingerprint density at radius 1 is 0.968 bits per heavy atom. The second-order valence-corrected chi connectivity index (χ2v) is 7.98. The van der Waals surface area contributed by atoms with Gasteiger partial charge in [0, 0.05) is 25.1 Å². The number of nitrogens with one attached hydrogen (secondary N) is 1. The number of halogens is 1. The standard InChI is InChI=1S/C23H20FN3O3S/c24-18-9-5-4-8-17(18)15-27-19-11-13-31-21(19)22(29)26(23(27)30)12-10-20(28)25-14-16-6-2-1-3-7-16/h1-9,11,13H,10,12,14-15H2,(H,25,28). The fourth-order valence-electron chi connectivity index (χ4n) is 3.38. The van der Waals surface area contributed by atoms with Crippen LogP contribution < -0.4 is 16.6 Å². The summed E-state index contributed by atoms with van der Waals surface area (Å²) in [5.74, 6) is -0.682. The van der Waals surface area contributed by atoms with Crippen LogP contribution in [0, 0.1) is 5.82 Å². The predicted octanol–water partition coefficient (Wildman–Crippen LogP) is 3.12. The number of benzene rings is 2. The van der Waals surface area contributed by atoms with E-state index < -0.39 is 17.1 Å². The molecule has 1 amide bonds. The van der Waals surface area contributed by atoms with E-state index in [0.29, 0.717) is 22.3 Å². The van der Waals surface area contributed by atoms with Crippen molar-refractivity contribution in [1.29, 1.82) is 0 Å². The van der Waals surface area contributed by atoms with Crippen LogP contribution in [0.2, 0.25) is 0 Å². The van der Waals surface area contributed by atoms with Crippen molar-refractivity contribution in [2.75, 3.05) is 0 Å². The van der Waals surface area contributed by atoms with Crippen molar-refractivity contribution in [1.82, 2.24) is 14.5 Å². The molecule has 2 aromatic heterocycles. The summed E-state index contributed by atoms with van der Waals surface area (Å²) in [5.41, 5.74) is 0.779. The summed E-state index contributed by atoms with van der Waals surface area (Å²) in [6.07, 6.45) is -0.0153. The van der Waals surface area contributed by atoms with Gasteiger partial charge in [0.05, 0.1) is 12.1 Å². The second-order valence-electron chi connectivity index (χ2n) is 7.06. The van der Waals surface area contributed by atoms with Gasteiger partial charge in [0.1, 0.15) is 10.5 Å². The minimum Gasteiger partial charge on any atom is -0.352 e. The van der Waals surface area contributed by atoms with Crippen LogP contribution in [-0.2, 0) is 24.4 Å². The van der Waals surface area contributed by atoms with Gasteiger partial charge in [-0.05, 0) is 23.1 Å². The molecule has 0 radical (unpaired) electrons. The molecule has 6 nitrogen and oxygen atoms in total. The van der Waals surface area contributed by atoms with Crippen molar-refractivity contribution in [3.05, 3.63) is 104 Å². The lowest BCUT2D eigenvalue weighted by molar-refractivity contribution is -0.121. The second kappa shape index (κ2) is 9.09. The summed E-state index contributed by atoms with van der Waals surface area (Å²) in [4.78, 5) is 38.2. The number of amides is 1. The molecule has 4 aromatic rings. The van der Waals surface area contributed by atoms with E-state index >= 15 is 0 Å². The van der Waals surface area contributed by atoms with Crippen molar-refractivity contribution in [3.63, 3.8) is 0 Å². The molecule has 158 valence electrons. The van der Waals surface area contributed by atoms with Gasteiger partial charge in [-0.2, -0.15) is 0 Å². The molecule has 4 rings (SSSR count). The summed E-state index contributed by atoms with van der Waals surface area (Å²) in [7, 11) is 0. The van der Waals surface area contributed by atoms with Gasteiger partial charge in [-0.25, -0.2) is 9.18 Å². The van der Waals surface area contributed by atoms with Crippen LogP contribution in [0.25, 0.3) is 10.2 Å². The highest BCUT2D eigenvalue weighted by atomic mass is 32.1. The number of fused-ring (bicyclic) bond motifs is 1. The summed E-state index contributed by atoms with van der Waals surface area (Å²) in [6, 6.07) is 17.4. The van der Waals surface area contributed by atoms with E-state index in [0.717, 1.165) is 10.1 Å². The number of carbonyl (C=O) groups excluding carboxylic acids is 1. The van der Waals surface area contributed by atoms with Crippen LogP contribution in [-0.4, -0.2) is 15.0 Å². The van der Waals surface area contributed by atoms with Crippen molar-refractivity contribution in [3.8, 4) is 0 Å². The molecule has 31 heavy (non-hydrogen) atoms. The molecule has 0 atom stereocenters. The largest absolute Gasteiger partial charge is 0.352 e. The number of hydrogen-bond acceptors (Lipinski definition) is 4. The molecule has 0 aliphatic heterocycles. The van der Waals surface area contributed by atoms with Gasteiger partial charge in [0.25, 0.3) is 5.56 Å². The monoisotopic (exact) mass is 437 g/mol. The molecule has 0 aliphatic rings. The minimum absolute atomic E-state index is 0.000770. The topological polar surface area (TPSA) is 73.1 Å². The third-order valence-electron chi connectivity index (χ3n) is 5.02. The number of thiophene rings is 1. The van der Waals surface area contributed by atoms with Gasteiger partial charge in [-0.3, -0.25) is 18.7 Å². The maximum atomic E-state index is 14.2. The SMILES string of the molecule is O=C(CCn1c(=O)c2sccc2n(Cc2ccccc2F)c1=O)NCc1ccccc1. The van der Waals surface area contributed by atoms with E-state index in [4.69, 9.17) is 0 Å². The van der Waals surface area contributed by atoms with Crippen LogP contribution in [0.5, 0.6) is 0 Å². The van der Waals surface area contributed by atoms with Gasteiger partial charge in [-0.15, -0.1) is 11.3 Å². The Balaban J connectivity index is 1.58. The highest BCUT2D eigenvalue weighted by Crippen LogP contribution is 2.17. The molecule has 2 aromatic carbocycles. The molecule has 8 heteroatoms. The van der Waals surface area contributed by atoms with Crippen molar-refractivity contribution >= 4 is 27.5 Å². The summed E-state index contributed by atoms with van der Waals surface area (Å²) in [5, 5.41) is 4.51.